The van der Waals surface area contributed by atoms with Gasteiger partial charge in [0.2, 0.25) is 0 Å². The average molecular weight is 526 g/mol. The van der Waals surface area contributed by atoms with Crippen molar-refractivity contribution in [3.8, 4) is 11.5 Å². The largest absolute Gasteiger partial charge is 0.496 e. The Morgan fingerprint density at radius 1 is 1.05 bits per heavy atom. The topological polar surface area (TPSA) is 57.8 Å². The Morgan fingerprint density at radius 3 is 2.41 bits per heavy atom. The van der Waals surface area contributed by atoms with E-state index in [1.54, 1.807) is 7.11 Å². The van der Waals surface area contributed by atoms with E-state index in [4.69, 9.17) is 9.47 Å². The molecule has 0 atom stereocenters. The molecule has 0 bridgehead atoms. The van der Waals surface area contributed by atoms with Gasteiger partial charge >= 0.3 is 0 Å². The number of aromatic amines is 1. The summed E-state index contributed by atoms with van der Waals surface area (Å²) < 4.78 is 11.1. The van der Waals surface area contributed by atoms with Crippen LogP contribution in [0, 0.1) is 0 Å². The first-order valence-corrected chi connectivity index (χ1v) is 13.3. The molecule has 1 N–H and O–H groups in total. The number of aldehydes is 1. The van der Waals surface area contributed by atoms with Gasteiger partial charge in [-0.25, -0.2) is 0 Å². The van der Waals surface area contributed by atoms with Gasteiger partial charge in [-0.05, 0) is 55.7 Å². The first kappa shape index (κ1) is 30.0. The van der Waals surface area contributed by atoms with E-state index in [9.17, 15) is 4.79 Å². The first-order chi connectivity index (χ1) is 18.0. The highest BCUT2D eigenvalue weighted by molar-refractivity contribution is 6.15. The molecule has 0 unspecified atom stereocenters. The minimum atomic E-state index is 0.588. The highest BCUT2D eigenvalue weighted by Crippen LogP contribution is 2.39. The summed E-state index contributed by atoms with van der Waals surface area (Å²) in [5.41, 5.74) is 4.31. The van der Waals surface area contributed by atoms with E-state index < -0.39 is 0 Å². The number of methoxy groups -OCH3 is 1. The highest BCUT2D eigenvalue weighted by Gasteiger charge is 2.20. The molecule has 1 aliphatic heterocycles. The number of rotatable bonds is 6. The molecule has 0 saturated carbocycles. The molecule has 0 fully saturated rings. The third-order valence-electron chi connectivity index (χ3n) is 5.97. The molecule has 0 radical (unpaired) electrons. The lowest BCUT2D eigenvalue weighted by molar-refractivity contribution is 0.111. The zero-order valence-electron chi connectivity index (χ0n) is 23.1. The standard InChI is InChI=1S/C14H15NO.C13H16N2O2.C2H6.CH3Cl/c1-15-8-7-11-10-5-3-4-6-12(10)14(16-2)9-13(11)15;1-15(2)5-6-17-12-3-4-13-10(8-12)7-11(9-16)14-13;2*1-2/h3-6,9H,7-8H2,1-2H3;3-4,7-9,14H,5-6H2,1-2H3;1-2H3;1H3. The molecule has 5 rings (SSSR count). The van der Waals surface area contributed by atoms with Crippen LogP contribution < -0.4 is 14.4 Å². The Bertz CT molecular complexity index is 1270. The van der Waals surface area contributed by atoms with Crippen molar-refractivity contribution in [3.05, 3.63) is 65.9 Å². The number of anilines is 1. The lowest BCUT2D eigenvalue weighted by atomic mass is 10.0. The Balaban J connectivity index is 0.000000230. The van der Waals surface area contributed by atoms with Crippen molar-refractivity contribution in [3.63, 3.8) is 0 Å². The number of hydrogen-bond donors (Lipinski definition) is 1. The van der Waals surface area contributed by atoms with Crippen LogP contribution in [0.15, 0.2) is 54.6 Å². The van der Waals surface area contributed by atoms with Gasteiger partial charge in [-0.15, -0.1) is 11.6 Å². The molecule has 3 aromatic carbocycles. The molecule has 0 saturated heterocycles. The maximum Gasteiger partial charge on any atom is 0.166 e. The Kier molecular flexibility index (Phi) is 12.3. The third kappa shape index (κ3) is 7.63. The van der Waals surface area contributed by atoms with Gasteiger partial charge in [0.05, 0.1) is 12.8 Å². The van der Waals surface area contributed by atoms with Gasteiger partial charge in [-0.3, -0.25) is 4.79 Å². The van der Waals surface area contributed by atoms with Crippen molar-refractivity contribution >= 4 is 45.2 Å². The van der Waals surface area contributed by atoms with Crippen LogP contribution in [0.25, 0.3) is 21.7 Å². The van der Waals surface area contributed by atoms with Gasteiger partial charge in [-0.2, -0.15) is 0 Å². The smallest absolute Gasteiger partial charge is 0.166 e. The van der Waals surface area contributed by atoms with Crippen LogP contribution in [0.4, 0.5) is 5.69 Å². The fourth-order valence-electron chi connectivity index (χ4n) is 4.19. The Hall–Kier alpha value is -3.22. The van der Waals surface area contributed by atoms with Crippen molar-refractivity contribution in [1.29, 1.82) is 0 Å². The van der Waals surface area contributed by atoms with Crippen LogP contribution in [-0.2, 0) is 6.42 Å². The minimum absolute atomic E-state index is 0.588. The number of aromatic nitrogens is 1. The van der Waals surface area contributed by atoms with Crippen molar-refractivity contribution in [2.45, 2.75) is 20.3 Å². The second kappa shape index (κ2) is 15.1. The molecular formula is C30H40ClN3O3. The normalized spacial score (nSPS) is 11.5. The van der Waals surface area contributed by atoms with E-state index in [1.165, 1.54) is 28.4 Å². The van der Waals surface area contributed by atoms with E-state index in [0.29, 0.717) is 12.3 Å². The number of alkyl halides is 1. The van der Waals surface area contributed by atoms with Gasteiger partial charge in [-0.1, -0.05) is 38.1 Å². The molecular weight excluding hydrogens is 486 g/mol. The summed E-state index contributed by atoms with van der Waals surface area (Å²) in [6.45, 7) is 6.64. The maximum atomic E-state index is 10.6. The number of halogens is 1. The molecule has 2 heterocycles. The van der Waals surface area contributed by atoms with Gasteiger partial charge in [0, 0.05) is 54.6 Å². The Morgan fingerprint density at radius 2 is 1.76 bits per heavy atom. The van der Waals surface area contributed by atoms with E-state index in [0.717, 1.165) is 48.2 Å². The summed E-state index contributed by atoms with van der Waals surface area (Å²) in [5.74, 6) is 1.80. The van der Waals surface area contributed by atoms with Crippen molar-refractivity contribution in [2.24, 2.45) is 0 Å². The molecule has 6 nitrogen and oxygen atoms in total. The summed E-state index contributed by atoms with van der Waals surface area (Å²) in [6, 6.07) is 18.2. The maximum absolute atomic E-state index is 10.6. The van der Waals surface area contributed by atoms with Crippen LogP contribution in [0.1, 0.15) is 29.9 Å². The molecule has 4 aromatic rings. The number of benzene rings is 3. The molecule has 0 spiro atoms. The van der Waals surface area contributed by atoms with Gasteiger partial charge in [0.15, 0.2) is 6.29 Å². The number of carbonyl (C=O) groups is 1. The van der Waals surface area contributed by atoms with Crippen LogP contribution >= 0.6 is 11.6 Å². The molecule has 7 heteroatoms. The predicted molar refractivity (Wildman–Crippen MR) is 158 cm³/mol. The zero-order chi connectivity index (χ0) is 27.4. The molecule has 0 aliphatic carbocycles. The summed E-state index contributed by atoms with van der Waals surface area (Å²) in [4.78, 5) is 18.0. The van der Waals surface area contributed by atoms with Crippen molar-refractivity contribution in [1.82, 2.24) is 9.88 Å². The molecule has 0 amide bonds. The van der Waals surface area contributed by atoms with Crippen LogP contribution in [0.5, 0.6) is 11.5 Å². The number of hydrogen-bond acceptors (Lipinski definition) is 5. The summed E-state index contributed by atoms with van der Waals surface area (Å²) >= 11 is 4.64. The second-order valence-electron chi connectivity index (χ2n) is 8.54. The number of H-pyrrole nitrogens is 1. The lowest BCUT2D eigenvalue weighted by Gasteiger charge is -2.15. The van der Waals surface area contributed by atoms with Crippen molar-refractivity contribution in [2.75, 3.05) is 59.2 Å². The van der Waals surface area contributed by atoms with Gasteiger partial charge in [0.1, 0.15) is 18.1 Å². The predicted octanol–water partition coefficient (Wildman–Crippen LogP) is 6.64. The molecule has 200 valence electrons. The van der Waals surface area contributed by atoms with Crippen LogP contribution in [0.2, 0.25) is 0 Å². The number of carbonyl (C=O) groups excluding carboxylic acids is 1. The van der Waals surface area contributed by atoms with Crippen molar-refractivity contribution < 1.29 is 14.3 Å². The summed E-state index contributed by atoms with van der Waals surface area (Å²) in [6.07, 6.45) is 3.42. The SMILES string of the molecule is CC.CCl.CN(C)CCOc1ccc2[nH]c(C=O)cc2c1.COc1cc2c(c3ccccc13)CCN2C. The van der Waals surface area contributed by atoms with E-state index >= 15 is 0 Å². The number of ether oxygens (including phenoxy) is 2. The minimum Gasteiger partial charge on any atom is -0.496 e. The van der Waals surface area contributed by atoms with E-state index in [2.05, 4.69) is 63.8 Å². The fraction of sp³-hybridized carbons (Fsp3) is 0.367. The van der Waals surface area contributed by atoms with Gasteiger partial charge in [0.25, 0.3) is 0 Å². The average Bonchev–Trinajstić information content (AvgIpc) is 3.53. The second-order valence-corrected chi connectivity index (χ2v) is 8.54. The van der Waals surface area contributed by atoms with E-state index in [-0.39, 0.29) is 0 Å². The summed E-state index contributed by atoms with van der Waals surface area (Å²) in [5, 5.41) is 3.55. The monoisotopic (exact) mass is 525 g/mol. The molecule has 1 aliphatic rings. The number of fused-ring (bicyclic) bond motifs is 4. The number of likely N-dealkylation sites (N-methyl/N-ethyl adjacent to an activating group) is 2. The van der Waals surface area contributed by atoms with Gasteiger partial charge < -0.3 is 24.3 Å². The summed E-state index contributed by atoms with van der Waals surface area (Å²) in [7, 11) is 7.90. The van der Waals surface area contributed by atoms with Crippen LogP contribution in [0.3, 0.4) is 0 Å². The Labute approximate surface area is 226 Å². The van der Waals surface area contributed by atoms with E-state index in [1.807, 2.05) is 52.2 Å². The third-order valence-corrected chi connectivity index (χ3v) is 5.97. The fourth-order valence-corrected chi connectivity index (χ4v) is 4.19. The number of nitrogens with one attached hydrogen (secondary N) is 1. The first-order valence-electron chi connectivity index (χ1n) is 12.5. The molecule has 1 aromatic heterocycles. The molecule has 37 heavy (non-hydrogen) atoms. The quantitative estimate of drug-likeness (QED) is 0.226. The highest BCUT2D eigenvalue weighted by atomic mass is 35.5. The number of nitrogens with zero attached hydrogens (tertiary/aromatic N) is 2. The lowest BCUT2D eigenvalue weighted by Crippen LogP contribution is -2.19. The van der Waals surface area contributed by atoms with Crippen LogP contribution in [-0.4, -0.2) is 70.5 Å². The zero-order valence-corrected chi connectivity index (χ0v) is 23.9.